The normalized spacial score (nSPS) is 18.7. The Morgan fingerprint density at radius 2 is 2.33 bits per heavy atom. The van der Waals surface area contributed by atoms with Gasteiger partial charge in [-0.2, -0.15) is 0 Å². The van der Waals surface area contributed by atoms with Crippen LogP contribution in [-0.2, 0) is 6.42 Å². The largest absolute Gasteiger partial charge is 0.330 e. The number of aryl methyl sites for hydroxylation is 1. The maximum Gasteiger partial charge on any atom is 0.125 e. The minimum absolute atomic E-state index is 0.443. The monoisotopic (exact) mass is 323 g/mol. The van der Waals surface area contributed by atoms with Gasteiger partial charge in [-0.3, -0.25) is 4.98 Å². The van der Waals surface area contributed by atoms with Gasteiger partial charge in [0.2, 0.25) is 0 Å². The Morgan fingerprint density at radius 1 is 1.44 bits per heavy atom. The summed E-state index contributed by atoms with van der Waals surface area (Å²) < 4.78 is 0.989. The summed E-state index contributed by atoms with van der Waals surface area (Å²) in [4.78, 5) is 10.4. The van der Waals surface area contributed by atoms with Crippen LogP contribution in [0, 0.1) is 0 Å². The summed E-state index contributed by atoms with van der Waals surface area (Å²) in [6, 6.07) is 2.06. The molecule has 0 saturated carbocycles. The van der Waals surface area contributed by atoms with Crippen LogP contribution in [0.5, 0.6) is 0 Å². The summed E-state index contributed by atoms with van der Waals surface area (Å²) in [6.07, 6.45) is 7.20. The van der Waals surface area contributed by atoms with E-state index >= 15 is 0 Å². The fourth-order valence-corrected chi connectivity index (χ4v) is 3.92. The van der Waals surface area contributed by atoms with Gasteiger partial charge in [0.25, 0.3) is 0 Å². The van der Waals surface area contributed by atoms with Crippen LogP contribution in [0.3, 0.4) is 0 Å². The molecular formula is C13H14BrN3S. The summed E-state index contributed by atoms with van der Waals surface area (Å²) >= 11 is 5.24. The van der Waals surface area contributed by atoms with Crippen molar-refractivity contribution in [2.24, 2.45) is 5.73 Å². The van der Waals surface area contributed by atoms with E-state index in [-0.39, 0.29) is 0 Å². The van der Waals surface area contributed by atoms with Gasteiger partial charge in [0.15, 0.2) is 0 Å². The fourth-order valence-electron chi connectivity index (χ4n) is 2.39. The maximum absolute atomic E-state index is 5.83. The van der Waals surface area contributed by atoms with Crippen LogP contribution in [0.2, 0.25) is 0 Å². The molecule has 0 aliphatic heterocycles. The highest BCUT2D eigenvalue weighted by atomic mass is 79.9. The van der Waals surface area contributed by atoms with Crippen molar-refractivity contribution < 1.29 is 0 Å². The average Bonchev–Trinajstić information content (AvgIpc) is 2.82. The van der Waals surface area contributed by atoms with Crippen LogP contribution in [0.1, 0.15) is 29.3 Å². The van der Waals surface area contributed by atoms with Crippen molar-refractivity contribution in [1.82, 2.24) is 9.97 Å². The molecule has 2 heterocycles. The van der Waals surface area contributed by atoms with E-state index in [1.807, 2.05) is 6.20 Å². The van der Waals surface area contributed by atoms with Crippen LogP contribution in [-0.4, -0.2) is 16.5 Å². The smallest absolute Gasteiger partial charge is 0.125 e. The van der Waals surface area contributed by atoms with E-state index in [0.717, 1.165) is 21.5 Å². The van der Waals surface area contributed by atoms with Gasteiger partial charge in [0, 0.05) is 39.8 Å². The van der Waals surface area contributed by atoms with Crippen molar-refractivity contribution in [3.63, 3.8) is 0 Å². The Bertz CT molecular complexity index is 567. The summed E-state index contributed by atoms with van der Waals surface area (Å²) in [5.41, 5.74) is 8.14. The lowest BCUT2D eigenvalue weighted by Gasteiger charge is -2.18. The molecule has 1 aliphatic rings. The standard InChI is InChI=1S/C13H14BrN3S/c14-10-4-9(6-16-7-10)13-17-12-8(5-15)2-1-3-11(12)18-13/h4,6-8H,1-3,5,15H2. The number of nitrogens with two attached hydrogens (primary N) is 1. The summed E-state index contributed by atoms with van der Waals surface area (Å²) in [5.74, 6) is 0.443. The molecule has 1 unspecified atom stereocenters. The lowest BCUT2D eigenvalue weighted by atomic mass is 9.91. The first-order chi connectivity index (χ1) is 8.78. The number of thiazole rings is 1. The number of hydrogen-bond acceptors (Lipinski definition) is 4. The molecule has 94 valence electrons. The molecule has 0 saturated heterocycles. The van der Waals surface area contributed by atoms with Crippen molar-refractivity contribution in [1.29, 1.82) is 0 Å². The second-order valence-corrected chi connectivity index (χ2v) is 6.54. The zero-order valence-electron chi connectivity index (χ0n) is 9.90. The predicted molar refractivity (Wildman–Crippen MR) is 77.8 cm³/mol. The SMILES string of the molecule is NCC1CCCc2sc(-c3cncc(Br)c3)nc21. The highest BCUT2D eigenvalue weighted by Crippen LogP contribution is 2.37. The van der Waals surface area contributed by atoms with Gasteiger partial charge in [-0.25, -0.2) is 4.98 Å². The quantitative estimate of drug-likeness (QED) is 0.922. The van der Waals surface area contributed by atoms with Crippen molar-refractivity contribution >= 4 is 27.3 Å². The summed E-state index contributed by atoms with van der Waals surface area (Å²) in [5, 5.41) is 1.06. The first-order valence-electron chi connectivity index (χ1n) is 6.08. The van der Waals surface area contributed by atoms with E-state index in [0.29, 0.717) is 12.5 Å². The number of pyridine rings is 1. The molecular weight excluding hydrogens is 310 g/mol. The van der Waals surface area contributed by atoms with Gasteiger partial charge in [-0.05, 0) is 41.3 Å². The van der Waals surface area contributed by atoms with Crippen LogP contribution >= 0.6 is 27.3 Å². The van der Waals surface area contributed by atoms with Crippen LogP contribution in [0.4, 0.5) is 0 Å². The van der Waals surface area contributed by atoms with Crippen LogP contribution < -0.4 is 5.73 Å². The highest BCUT2D eigenvalue weighted by molar-refractivity contribution is 9.10. The second kappa shape index (κ2) is 5.07. The molecule has 0 aromatic carbocycles. The molecule has 2 N–H and O–H groups in total. The number of nitrogens with zero attached hydrogens (tertiary/aromatic N) is 2. The average molecular weight is 324 g/mol. The van der Waals surface area contributed by atoms with Gasteiger partial charge in [-0.15, -0.1) is 11.3 Å². The van der Waals surface area contributed by atoms with Crippen LogP contribution in [0.15, 0.2) is 22.9 Å². The zero-order valence-corrected chi connectivity index (χ0v) is 12.3. The Kier molecular flexibility index (Phi) is 3.46. The van der Waals surface area contributed by atoms with Gasteiger partial charge >= 0.3 is 0 Å². The third-order valence-corrected chi connectivity index (χ3v) is 4.92. The molecule has 18 heavy (non-hydrogen) atoms. The molecule has 2 aromatic heterocycles. The third kappa shape index (κ3) is 2.22. The summed E-state index contributed by atoms with van der Waals surface area (Å²) in [6.45, 7) is 0.701. The number of fused-ring (bicyclic) bond motifs is 1. The number of aromatic nitrogens is 2. The van der Waals surface area contributed by atoms with Crippen molar-refractivity contribution in [2.75, 3.05) is 6.54 Å². The predicted octanol–water partition coefficient (Wildman–Crippen LogP) is 3.35. The van der Waals surface area contributed by atoms with Crippen molar-refractivity contribution in [3.05, 3.63) is 33.5 Å². The van der Waals surface area contributed by atoms with E-state index in [9.17, 15) is 0 Å². The molecule has 0 amide bonds. The maximum atomic E-state index is 5.83. The third-order valence-electron chi connectivity index (χ3n) is 3.31. The van der Waals surface area contributed by atoms with Crippen LogP contribution in [0.25, 0.3) is 10.6 Å². The van der Waals surface area contributed by atoms with E-state index in [1.54, 1.807) is 17.5 Å². The lowest BCUT2D eigenvalue weighted by molar-refractivity contribution is 0.554. The topological polar surface area (TPSA) is 51.8 Å². The molecule has 1 atom stereocenters. The minimum atomic E-state index is 0.443. The fraction of sp³-hybridized carbons (Fsp3) is 0.385. The molecule has 3 rings (SSSR count). The molecule has 0 fully saturated rings. The van der Waals surface area contributed by atoms with Gasteiger partial charge < -0.3 is 5.73 Å². The molecule has 1 aliphatic carbocycles. The van der Waals surface area contributed by atoms with E-state index in [2.05, 4.69) is 27.0 Å². The minimum Gasteiger partial charge on any atom is -0.330 e. The first-order valence-corrected chi connectivity index (χ1v) is 7.69. The van der Waals surface area contributed by atoms with Gasteiger partial charge in [-0.1, -0.05) is 0 Å². The molecule has 5 heteroatoms. The van der Waals surface area contributed by atoms with E-state index in [1.165, 1.54) is 23.4 Å². The Balaban J connectivity index is 2.02. The number of rotatable bonds is 2. The Labute approximate surface area is 119 Å². The molecule has 0 radical (unpaired) electrons. The van der Waals surface area contributed by atoms with Gasteiger partial charge in [0.05, 0.1) is 5.69 Å². The van der Waals surface area contributed by atoms with E-state index in [4.69, 9.17) is 10.7 Å². The first kappa shape index (κ1) is 12.3. The van der Waals surface area contributed by atoms with Crippen molar-refractivity contribution in [3.8, 4) is 10.6 Å². The van der Waals surface area contributed by atoms with E-state index < -0.39 is 0 Å². The lowest BCUT2D eigenvalue weighted by Crippen LogP contribution is -2.17. The summed E-state index contributed by atoms with van der Waals surface area (Å²) in [7, 11) is 0. The molecule has 2 aromatic rings. The number of halogens is 1. The highest BCUT2D eigenvalue weighted by Gasteiger charge is 2.24. The molecule has 3 nitrogen and oxygen atoms in total. The Morgan fingerprint density at radius 3 is 3.11 bits per heavy atom. The molecule has 0 spiro atoms. The van der Waals surface area contributed by atoms with Crippen molar-refractivity contribution in [2.45, 2.75) is 25.2 Å². The second-order valence-electron chi connectivity index (χ2n) is 4.54. The molecule has 0 bridgehead atoms. The zero-order chi connectivity index (χ0) is 12.5. The number of hydrogen-bond donors (Lipinski definition) is 1. The Hall–Kier alpha value is -0.780. The van der Waals surface area contributed by atoms with Gasteiger partial charge in [0.1, 0.15) is 5.01 Å².